The quantitative estimate of drug-likeness (QED) is 0.201. The molecule has 0 fully saturated rings. The van der Waals surface area contributed by atoms with E-state index in [0.717, 1.165) is 16.7 Å². The van der Waals surface area contributed by atoms with Gasteiger partial charge in [0.2, 0.25) is 0 Å². The Balaban J connectivity index is 1.83. The number of halogens is 3. The second-order valence-corrected chi connectivity index (χ2v) is 7.15. The van der Waals surface area contributed by atoms with E-state index >= 15 is 0 Å². The molecule has 0 bridgehead atoms. The molecule has 0 N–H and O–H groups in total. The summed E-state index contributed by atoms with van der Waals surface area (Å²) >= 11 is 0. The van der Waals surface area contributed by atoms with Crippen LogP contribution in [0.3, 0.4) is 0 Å². The Labute approximate surface area is 194 Å². The molecule has 34 heavy (non-hydrogen) atoms. The van der Waals surface area contributed by atoms with Gasteiger partial charge in [-0.25, -0.2) is 9.59 Å². The number of alkyl halides is 3. The average molecular weight is 476 g/mol. The molecule has 2 aromatic carbocycles. The Bertz CT molecular complexity index is 1040. The molecule has 0 aliphatic carbocycles. The van der Waals surface area contributed by atoms with Gasteiger partial charge in [0, 0.05) is 11.6 Å². The molecule has 2 rings (SSSR count). The van der Waals surface area contributed by atoms with Crippen LogP contribution >= 0.6 is 0 Å². The topological polar surface area (TPSA) is 78.9 Å². The van der Waals surface area contributed by atoms with Gasteiger partial charge in [-0.1, -0.05) is 43.0 Å². The molecule has 0 radical (unpaired) electrons. The lowest BCUT2D eigenvalue weighted by Crippen LogP contribution is -2.14. The third kappa shape index (κ3) is 9.72. The van der Waals surface area contributed by atoms with E-state index in [0.29, 0.717) is 0 Å². The van der Waals surface area contributed by atoms with Gasteiger partial charge in [-0.15, -0.1) is 0 Å². The Kier molecular flexibility index (Phi) is 9.61. The third-order valence-electron chi connectivity index (χ3n) is 4.26. The molecule has 6 nitrogen and oxygen atoms in total. The van der Waals surface area contributed by atoms with Crippen molar-refractivity contribution in [2.75, 3.05) is 13.2 Å². The molecule has 0 amide bonds. The maximum absolute atomic E-state index is 12.2. The lowest BCUT2D eigenvalue weighted by atomic mass is 10.0. The second-order valence-electron chi connectivity index (χ2n) is 7.15. The molecule has 0 saturated heterocycles. The summed E-state index contributed by atoms with van der Waals surface area (Å²) in [6.45, 7) is 4.82. The molecule has 0 spiro atoms. The normalized spacial score (nSPS) is 11.2. The van der Waals surface area contributed by atoms with E-state index in [1.807, 2.05) is 12.1 Å². The van der Waals surface area contributed by atoms with E-state index in [-0.39, 0.29) is 24.5 Å². The van der Waals surface area contributed by atoms with Crippen LogP contribution in [0.2, 0.25) is 0 Å². The fraction of sp³-hybridized carbons (Fsp3) is 0.240. The number of carbonyl (C=O) groups is 3. The Morgan fingerprint density at radius 3 is 2.03 bits per heavy atom. The first-order valence-corrected chi connectivity index (χ1v) is 10.2. The molecular formula is C25H23F3O6. The minimum absolute atomic E-state index is 0.0640. The van der Waals surface area contributed by atoms with Crippen LogP contribution in [0.5, 0.6) is 5.75 Å². The Hall–Kier alpha value is -3.88. The van der Waals surface area contributed by atoms with Crippen LogP contribution in [-0.2, 0) is 23.9 Å². The minimum atomic E-state index is -4.41. The maximum Gasteiger partial charge on any atom is 0.389 e. The molecule has 0 atom stereocenters. The van der Waals surface area contributed by atoms with Crippen molar-refractivity contribution in [1.29, 1.82) is 0 Å². The molecule has 0 aromatic heterocycles. The number of ether oxygens (including phenoxy) is 3. The largest absolute Gasteiger partial charge is 0.459 e. The first-order chi connectivity index (χ1) is 16.0. The van der Waals surface area contributed by atoms with Crippen LogP contribution in [0, 0.1) is 0 Å². The fourth-order valence-corrected chi connectivity index (χ4v) is 2.54. The van der Waals surface area contributed by atoms with Crippen LogP contribution in [0.25, 0.3) is 17.2 Å². The summed E-state index contributed by atoms with van der Waals surface area (Å²) < 4.78 is 51.2. The van der Waals surface area contributed by atoms with Crippen molar-refractivity contribution in [1.82, 2.24) is 0 Å². The number of esters is 3. The van der Waals surface area contributed by atoms with Gasteiger partial charge < -0.3 is 14.2 Å². The highest BCUT2D eigenvalue weighted by atomic mass is 19.4. The highest BCUT2D eigenvalue weighted by molar-refractivity contribution is 5.87. The Morgan fingerprint density at radius 2 is 1.47 bits per heavy atom. The van der Waals surface area contributed by atoms with Gasteiger partial charge in [0.05, 0.1) is 12.8 Å². The SMILES string of the molecule is C=C(C)C(=O)OCCOC(=O)/C=C/c1ccc(-c2ccc(OC(=O)CCC(F)(F)F)cc2)cc1. The van der Waals surface area contributed by atoms with Crippen molar-refractivity contribution < 1.29 is 41.8 Å². The molecule has 0 aliphatic heterocycles. The number of carbonyl (C=O) groups excluding carboxylic acids is 3. The number of rotatable bonds is 10. The van der Waals surface area contributed by atoms with Crippen molar-refractivity contribution >= 4 is 24.0 Å². The van der Waals surface area contributed by atoms with Crippen molar-refractivity contribution in [3.63, 3.8) is 0 Å². The van der Waals surface area contributed by atoms with Crippen LogP contribution in [0.4, 0.5) is 13.2 Å². The van der Waals surface area contributed by atoms with E-state index in [9.17, 15) is 27.6 Å². The summed E-state index contributed by atoms with van der Waals surface area (Å²) in [6, 6.07) is 13.5. The molecule has 2 aromatic rings. The van der Waals surface area contributed by atoms with E-state index in [1.165, 1.54) is 25.1 Å². The summed E-state index contributed by atoms with van der Waals surface area (Å²) in [5.41, 5.74) is 2.64. The molecule has 0 unspecified atom stereocenters. The average Bonchev–Trinajstić information content (AvgIpc) is 2.79. The summed E-state index contributed by atoms with van der Waals surface area (Å²) in [7, 11) is 0. The van der Waals surface area contributed by atoms with E-state index in [1.54, 1.807) is 30.3 Å². The predicted molar refractivity (Wildman–Crippen MR) is 119 cm³/mol. The number of hydrogen-bond acceptors (Lipinski definition) is 6. The standard InChI is InChI=1S/C25H23F3O6/c1-17(2)24(31)33-16-15-32-22(29)12-5-18-3-6-19(7-4-18)20-8-10-21(11-9-20)34-23(30)13-14-25(26,27)28/h3-12H,1,13-16H2,2H3/b12-5+. The summed E-state index contributed by atoms with van der Waals surface area (Å²) in [4.78, 5) is 34.4. The van der Waals surface area contributed by atoms with Gasteiger partial charge in [-0.05, 0) is 41.8 Å². The highest BCUT2D eigenvalue weighted by Gasteiger charge is 2.28. The fourth-order valence-electron chi connectivity index (χ4n) is 2.54. The van der Waals surface area contributed by atoms with Gasteiger partial charge in [-0.2, -0.15) is 13.2 Å². The van der Waals surface area contributed by atoms with Crippen LogP contribution in [-0.4, -0.2) is 37.3 Å². The zero-order valence-electron chi connectivity index (χ0n) is 18.4. The van der Waals surface area contributed by atoms with Gasteiger partial charge in [0.25, 0.3) is 0 Å². The highest BCUT2D eigenvalue weighted by Crippen LogP contribution is 2.25. The summed E-state index contributed by atoms with van der Waals surface area (Å²) in [6.07, 6.45) is -3.57. The second kappa shape index (κ2) is 12.4. The van der Waals surface area contributed by atoms with Crippen LogP contribution < -0.4 is 4.74 Å². The zero-order valence-corrected chi connectivity index (χ0v) is 18.4. The van der Waals surface area contributed by atoms with Gasteiger partial charge in [0.1, 0.15) is 19.0 Å². The van der Waals surface area contributed by atoms with Crippen molar-refractivity contribution in [3.8, 4) is 16.9 Å². The number of hydrogen-bond donors (Lipinski definition) is 0. The van der Waals surface area contributed by atoms with Gasteiger partial charge in [0.15, 0.2) is 0 Å². The summed E-state index contributed by atoms with van der Waals surface area (Å²) in [5, 5.41) is 0. The van der Waals surface area contributed by atoms with Gasteiger partial charge >= 0.3 is 24.1 Å². The molecule has 9 heteroatoms. The smallest absolute Gasteiger partial charge is 0.389 e. The maximum atomic E-state index is 12.2. The molecule has 0 aliphatic rings. The number of benzene rings is 2. The monoisotopic (exact) mass is 476 g/mol. The minimum Gasteiger partial charge on any atom is -0.459 e. The predicted octanol–water partition coefficient (Wildman–Crippen LogP) is 5.28. The molecular weight excluding hydrogens is 453 g/mol. The van der Waals surface area contributed by atoms with Crippen molar-refractivity contribution in [3.05, 3.63) is 72.3 Å². The zero-order chi connectivity index (χ0) is 25.1. The van der Waals surface area contributed by atoms with E-state index < -0.39 is 36.9 Å². The van der Waals surface area contributed by atoms with Gasteiger partial charge in [-0.3, -0.25) is 4.79 Å². The molecule has 180 valence electrons. The van der Waals surface area contributed by atoms with Crippen LogP contribution in [0.1, 0.15) is 25.3 Å². The Morgan fingerprint density at radius 1 is 0.912 bits per heavy atom. The summed E-state index contributed by atoms with van der Waals surface area (Å²) in [5.74, 6) is -1.94. The van der Waals surface area contributed by atoms with Crippen molar-refractivity contribution in [2.24, 2.45) is 0 Å². The van der Waals surface area contributed by atoms with Crippen LogP contribution in [0.15, 0.2) is 66.8 Å². The van der Waals surface area contributed by atoms with E-state index in [4.69, 9.17) is 14.2 Å². The first kappa shape index (κ1) is 26.4. The third-order valence-corrected chi connectivity index (χ3v) is 4.26. The van der Waals surface area contributed by atoms with Crippen molar-refractivity contribution in [2.45, 2.75) is 25.9 Å². The molecule has 0 saturated carbocycles. The first-order valence-electron chi connectivity index (χ1n) is 10.2. The van der Waals surface area contributed by atoms with E-state index in [2.05, 4.69) is 6.58 Å². The molecule has 0 heterocycles. The lowest BCUT2D eigenvalue weighted by Gasteiger charge is -2.08. The lowest BCUT2D eigenvalue weighted by molar-refractivity contribution is -0.151.